The van der Waals surface area contributed by atoms with E-state index in [0.717, 1.165) is 37.0 Å². The normalized spacial score (nSPS) is 19.5. The average molecular weight is 504 g/mol. The number of primary sulfonamides is 1. The van der Waals surface area contributed by atoms with Gasteiger partial charge in [-0.2, -0.15) is 0 Å². The van der Waals surface area contributed by atoms with Crippen molar-refractivity contribution in [1.29, 1.82) is 0 Å². The minimum Gasteiger partial charge on any atom is -0.325 e. The fourth-order valence-corrected chi connectivity index (χ4v) is 5.36. The molecule has 0 radical (unpaired) electrons. The summed E-state index contributed by atoms with van der Waals surface area (Å²) in [7, 11) is -3.91. The topological polar surface area (TPSA) is 118 Å². The number of imide groups is 1. The summed E-state index contributed by atoms with van der Waals surface area (Å²) < 4.78 is 23.1. The van der Waals surface area contributed by atoms with Crippen LogP contribution < -0.4 is 10.0 Å². The standard InChI is InChI=1S/C24H26ClN3O5S/c25-20-9-5-4-8-17(20)15-27(23(30)16-6-2-1-3-7-16)21-14-22(29)28(24(21)31)18-10-12-19(13-11-18)34(26,32)33/h4-5,8-13,16,21H,1-3,6-7,14-15H2,(H2,26,32,33). The Morgan fingerprint density at radius 1 is 1.03 bits per heavy atom. The van der Waals surface area contributed by atoms with Crippen molar-refractivity contribution in [2.45, 2.75) is 56.0 Å². The summed E-state index contributed by atoms with van der Waals surface area (Å²) in [5.41, 5.74) is 0.928. The maximum Gasteiger partial charge on any atom is 0.257 e. The molecular formula is C24H26ClN3O5S. The lowest BCUT2D eigenvalue weighted by Gasteiger charge is -2.33. The molecule has 3 amide bonds. The van der Waals surface area contributed by atoms with E-state index in [9.17, 15) is 22.8 Å². The number of rotatable bonds is 6. The number of sulfonamides is 1. The van der Waals surface area contributed by atoms with Gasteiger partial charge in [0.25, 0.3) is 5.91 Å². The summed E-state index contributed by atoms with van der Waals surface area (Å²) in [6, 6.07) is 11.4. The summed E-state index contributed by atoms with van der Waals surface area (Å²) in [5, 5.41) is 5.62. The second kappa shape index (κ2) is 9.85. The van der Waals surface area contributed by atoms with Gasteiger partial charge in [0.2, 0.25) is 21.8 Å². The number of nitrogens with two attached hydrogens (primary N) is 1. The number of anilines is 1. The van der Waals surface area contributed by atoms with Crippen molar-refractivity contribution in [3.63, 3.8) is 0 Å². The van der Waals surface area contributed by atoms with Crippen LogP contribution in [0.25, 0.3) is 0 Å². The molecule has 1 atom stereocenters. The molecule has 4 rings (SSSR count). The van der Waals surface area contributed by atoms with Crippen molar-refractivity contribution in [2.24, 2.45) is 11.1 Å². The maximum atomic E-state index is 13.6. The third-order valence-corrected chi connectivity index (χ3v) is 7.76. The minimum atomic E-state index is -3.91. The summed E-state index contributed by atoms with van der Waals surface area (Å²) in [6.45, 7) is 0.122. The molecule has 1 aliphatic heterocycles. The fourth-order valence-electron chi connectivity index (χ4n) is 4.65. The SMILES string of the molecule is NS(=O)(=O)c1ccc(N2C(=O)CC(N(Cc3ccccc3Cl)C(=O)C3CCCCC3)C2=O)cc1. The second-order valence-electron chi connectivity index (χ2n) is 8.72. The van der Waals surface area contributed by atoms with Gasteiger partial charge < -0.3 is 4.90 Å². The molecule has 1 heterocycles. The van der Waals surface area contributed by atoms with Crippen molar-refractivity contribution < 1.29 is 22.8 Å². The van der Waals surface area contributed by atoms with Crippen LogP contribution in [0.5, 0.6) is 0 Å². The lowest BCUT2D eigenvalue weighted by Crippen LogP contribution is -2.47. The molecule has 0 aromatic heterocycles. The second-order valence-corrected chi connectivity index (χ2v) is 10.7. The molecule has 2 aromatic carbocycles. The highest BCUT2D eigenvalue weighted by Gasteiger charge is 2.45. The minimum absolute atomic E-state index is 0.122. The predicted molar refractivity (Wildman–Crippen MR) is 127 cm³/mol. The molecule has 0 bridgehead atoms. The first-order chi connectivity index (χ1) is 16.2. The number of hydrogen-bond acceptors (Lipinski definition) is 5. The van der Waals surface area contributed by atoms with Crippen LogP contribution in [0.4, 0.5) is 5.69 Å². The van der Waals surface area contributed by atoms with Gasteiger partial charge in [-0.3, -0.25) is 14.4 Å². The lowest BCUT2D eigenvalue weighted by molar-refractivity contribution is -0.143. The van der Waals surface area contributed by atoms with E-state index in [4.69, 9.17) is 16.7 Å². The molecule has 1 saturated carbocycles. The number of halogens is 1. The average Bonchev–Trinajstić information content (AvgIpc) is 3.11. The van der Waals surface area contributed by atoms with Crippen molar-refractivity contribution in [2.75, 3.05) is 4.90 Å². The van der Waals surface area contributed by atoms with Crippen LogP contribution in [0.2, 0.25) is 5.02 Å². The van der Waals surface area contributed by atoms with Gasteiger partial charge in [-0.25, -0.2) is 18.5 Å². The molecule has 34 heavy (non-hydrogen) atoms. The summed E-state index contributed by atoms with van der Waals surface area (Å²) >= 11 is 6.35. The van der Waals surface area contributed by atoms with E-state index in [1.807, 2.05) is 6.07 Å². The molecule has 0 spiro atoms. The van der Waals surface area contributed by atoms with Crippen LogP contribution in [-0.4, -0.2) is 37.1 Å². The highest BCUT2D eigenvalue weighted by molar-refractivity contribution is 7.89. The Labute approximate surface area is 203 Å². The van der Waals surface area contributed by atoms with E-state index in [2.05, 4.69) is 0 Å². The Morgan fingerprint density at radius 3 is 2.29 bits per heavy atom. The van der Waals surface area contributed by atoms with Crippen LogP contribution in [0.3, 0.4) is 0 Å². The zero-order valence-electron chi connectivity index (χ0n) is 18.5. The van der Waals surface area contributed by atoms with E-state index in [0.29, 0.717) is 10.6 Å². The molecule has 2 aromatic rings. The number of hydrogen-bond donors (Lipinski definition) is 1. The third-order valence-electron chi connectivity index (χ3n) is 6.46. The third kappa shape index (κ3) is 5.01. The number of nitrogens with zero attached hydrogens (tertiary/aromatic N) is 2. The van der Waals surface area contributed by atoms with Crippen LogP contribution in [0, 0.1) is 5.92 Å². The highest BCUT2D eigenvalue weighted by atomic mass is 35.5. The molecule has 1 saturated heterocycles. The smallest absolute Gasteiger partial charge is 0.257 e. The number of benzene rings is 2. The first-order valence-electron chi connectivity index (χ1n) is 11.2. The van der Waals surface area contributed by atoms with Gasteiger partial charge >= 0.3 is 0 Å². The van der Waals surface area contributed by atoms with Gasteiger partial charge in [0.1, 0.15) is 6.04 Å². The van der Waals surface area contributed by atoms with Gasteiger partial charge in [-0.15, -0.1) is 0 Å². The Morgan fingerprint density at radius 2 is 1.68 bits per heavy atom. The zero-order chi connectivity index (χ0) is 24.5. The van der Waals surface area contributed by atoms with Crippen LogP contribution >= 0.6 is 11.6 Å². The van der Waals surface area contributed by atoms with E-state index in [-0.39, 0.29) is 35.4 Å². The number of carbonyl (C=O) groups is 3. The predicted octanol–water partition coefficient (Wildman–Crippen LogP) is 3.23. The summed E-state index contributed by atoms with van der Waals surface area (Å²) in [5.74, 6) is -1.32. The summed E-state index contributed by atoms with van der Waals surface area (Å²) in [4.78, 5) is 42.3. The van der Waals surface area contributed by atoms with Gasteiger partial charge in [0, 0.05) is 17.5 Å². The van der Waals surface area contributed by atoms with Crippen LogP contribution in [0.1, 0.15) is 44.1 Å². The van der Waals surface area contributed by atoms with E-state index in [1.165, 1.54) is 29.2 Å². The quantitative estimate of drug-likeness (QED) is 0.607. The zero-order valence-corrected chi connectivity index (χ0v) is 20.1. The molecule has 10 heteroatoms. The van der Waals surface area contributed by atoms with E-state index >= 15 is 0 Å². The molecule has 2 aliphatic rings. The molecule has 1 unspecified atom stereocenters. The van der Waals surface area contributed by atoms with E-state index < -0.39 is 27.9 Å². The number of carbonyl (C=O) groups excluding carboxylic acids is 3. The summed E-state index contributed by atoms with van der Waals surface area (Å²) in [6.07, 6.45) is 4.35. The van der Waals surface area contributed by atoms with Crippen molar-refractivity contribution in [3.05, 3.63) is 59.1 Å². The molecule has 2 N–H and O–H groups in total. The number of amides is 3. The Kier molecular flexibility index (Phi) is 7.06. The van der Waals surface area contributed by atoms with Gasteiger partial charge in [-0.1, -0.05) is 49.1 Å². The molecule has 1 aliphatic carbocycles. The largest absolute Gasteiger partial charge is 0.325 e. The Balaban J connectivity index is 1.64. The molecule has 8 nitrogen and oxygen atoms in total. The van der Waals surface area contributed by atoms with Crippen molar-refractivity contribution in [3.8, 4) is 0 Å². The van der Waals surface area contributed by atoms with Crippen molar-refractivity contribution in [1.82, 2.24) is 4.90 Å². The molecular weight excluding hydrogens is 478 g/mol. The van der Waals surface area contributed by atoms with E-state index in [1.54, 1.807) is 18.2 Å². The maximum absolute atomic E-state index is 13.6. The van der Waals surface area contributed by atoms with Crippen LogP contribution in [-0.2, 0) is 31.0 Å². The van der Waals surface area contributed by atoms with Gasteiger partial charge in [0.15, 0.2) is 0 Å². The highest BCUT2D eigenvalue weighted by Crippen LogP contribution is 2.32. The Bertz CT molecular complexity index is 1210. The van der Waals surface area contributed by atoms with Gasteiger partial charge in [0.05, 0.1) is 17.0 Å². The Hall–Kier alpha value is -2.75. The van der Waals surface area contributed by atoms with Gasteiger partial charge in [-0.05, 0) is 48.7 Å². The molecule has 180 valence electrons. The first-order valence-corrected chi connectivity index (χ1v) is 13.1. The monoisotopic (exact) mass is 503 g/mol. The fraction of sp³-hybridized carbons (Fsp3) is 0.375. The molecule has 2 fully saturated rings. The van der Waals surface area contributed by atoms with Crippen LogP contribution in [0.15, 0.2) is 53.4 Å². The lowest BCUT2D eigenvalue weighted by atomic mass is 9.87. The first kappa shape index (κ1) is 24.4. The van der Waals surface area contributed by atoms with Crippen molar-refractivity contribution >= 4 is 45.0 Å².